The summed E-state index contributed by atoms with van der Waals surface area (Å²) >= 11 is 0. The molecule has 1 aliphatic carbocycles. The Morgan fingerprint density at radius 2 is 1.77 bits per heavy atom. The molecule has 0 radical (unpaired) electrons. The largest absolute Gasteiger partial charge is 0.264 e. The third-order valence-corrected chi connectivity index (χ3v) is 5.54. The summed E-state index contributed by atoms with van der Waals surface area (Å²) in [7, 11) is 0. The number of benzene rings is 2. The summed E-state index contributed by atoms with van der Waals surface area (Å²) < 4.78 is 0. The van der Waals surface area contributed by atoms with Gasteiger partial charge in [0.1, 0.15) is 0 Å². The number of aryl methyl sites for hydroxylation is 1. The van der Waals surface area contributed by atoms with E-state index < -0.39 is 0 Å². The van der Waals surface area contributed by atoms with Gasteiger partial charge in [0, 0.05) is 12.4 Å². The first-order valence-corrected chi connectivity index (χ1v) is 11.2. The first kappa shape index (κ1) is 23.6. The molecule has 1 nitrogen and oxygen atoms in total. The summed E-state index contributed by atoms with van der Waals surface area (Å²) in [6.07, 6.45) is 16.1. The monoisotopic (exact) mass is 399 g/mol. The predicted octanol–water partition coefficient (Wildman–Crippen LogP) is 8.31. The Balaban J connectivity index is 0.000000575. The van der Waals surface area contributed by atoms with Crippen molar-refractivity contribution in [3.8, 4) is 0 Å². The number of hydrogen-bond donors (Lipinski definition) is 0. The van der Waals surface area contributed by atoms with Gasteiger partial charge in [-0.2, -0.15) is 0 Å². The Morgan fingerprint density at radius 3 is 2.47 bits per heavy atom. The average Bonchev–Trinajstić information content (AvgIpc) is 2.76. The maximum atomic E-state index is 4.56. The van der Waals surface area contributed by atoms with Crippen LogP contribution in [-0.4, -0.2) is 6.21 Å². The molecule has 0 N–H and O–H groups in total. The Bertz CT molecular complexity index is 896. The van der Waals surface area contributed by atoms with Gasteiger partial charge in [0.25, 0.3) is 0 Å². The lowest BCUT2D eigenvalue weighted by Gasteiger charge is -2.23. The van der Waals surface area contributed by atoms with Gasteiger partial charge >= 0.3 is 0 Å². The van der Waals surface area contributed by atoms with Gasteiger partial charge in [-0.25, -0.2) is 0 Å². The Labute approximate surface area is 184 Å². The number of rotatable bonds is 6. The van der Waals surface area contributed by atoms with Crippen LogP contribution in [-0.2, 0) is 6.42 Å². The molecule has 1 atom stereocenters. The van der Waals surface area contributed by atoms with Crippen LogP contribution in [0, 0.1) is 18.8 Å². The molecule has 0 saturated heterocycles. The molecule has 0 fully saturated rings. The van der Waals surface area contributed by atoms with Crippen molar-refractivity contribution in [1.82, 2.24) is 0 Å². The van der Waals surface area contributed by atoms with Crippen molar-refractivity contribution in [2.75, 3.05) is 0 Å². The maximum Gasteiger partial charge on any atom is 0.0303 e. The summed E-state index contributed by atoms with van der Waals surface area (Å²) in [5.74, 6) is 1.39. The lowest BCUT2D eigenvalue weighted by Crippen LogP contribution is -2.13. The van der Waals surface area contributed by atoms with E-state index in [1.165, 1.54) is 34.2 Å². The number of hydrogen-bond acceptors (Lipinski definition) is 1. The zero-order valence-corrected chi connectivity index (χ0v) is 19.3. The van der Waals surface area contributed by atoms with Gasteiger partial charge in [-0.05, 0) is 78.5 Å². The summed E-state index contributed by atoms with van der Waals surface area (Å²) in [5.41, 5.74) is 6.55. The van der Waals surface area contributed by atoms with Crippen LogP contribution in [0.15, 0.2) is 77.4 Å². The Hall–Kier alpha value is -2.67. The Kier molecular flexibility index (Phi) is 10.1. The topological polar surface area (TPSA) is 12.4 Å². The van der Waals surface area contributed by atoms with E-state index in [4.69, 9.17) is 0 Å². The standard InChI is InChI=1S/C24H25N.C5H12/c1-3-4-10-23-16-21-12-7-8-13-22(21)17-24(23)18-25-15-14-20-11-6-5-9-19(20)2;1-4-5(2)3/h3-9,11-15,17-18,23H,10,16H2,1-2H3;5H,4H2,1-3H3/b4-3?,15-14-,25-18?;. The highest BCUT2D eigenvalue weighted by molar-refractivity contribution is 5.88. The lowest BCUT2D eigenvalue weighted by atomic mass is 9.82. The fraction of sp³-hybridized carbons (Fsp3) is 0.345. The van der Waals surface area contributed by atoms with Crippen molar-refractivity contribution < 1.29 is 0 Å². The molecule has 0 heterocycles. The second-order valence-electron chi connectivity index (χ2n) is 8.30. The van der Waals surface area contributed by atoms with Gasteiger partial charge in [-0.15, -0.1) is 0 Å². The highest BCUT2D eigenvalue weighted by Crippen LogP contribution is 2.30. The van der Waals surface area contributed by atoms with E-state index in [9.17, 15) is 0 Å². The molecule has 1 heteroatoms. The number of allylic oxidation sites excluding steroid dienone is 3. The number of aliphatic imine (C=N–C) groups is 1. The van der Waals surface area contributed by atoms with Crippen molar-refractivity contribution in [3.63, 3.8) is 0 Å². The van der Waals surface area contributed by atoms with Crippen LogP contribution < -0.4 is 0 Å². The molecule has 1 unspecified atom stereocenters. The SMILES string of the molecule is CC=CCC1Cc2ccccc2C=C1C=N/C=C\c1ccccc1C.CCC(C)C. The minimum atomic E-state index is 0.502. The smallest absolute Gasteiger partial charge is 0.0303 e. The van der Waals surface area contributed by atoms with E-state index in [0.717, 1.165) is 18.8 Å². The van der Waals surface area contributed by atoms with Crippen LogP contribution >= 0.6 is 0 Å². The summed E-state index contributed by atoms with van der Waals surface area (Å²) in [4.78, 5) is 4.56. The van der Waals surface area contributed by atoms with Gasteiger partial charge in [-0.1, -0.05) is 87.9 Å². The molecule has 158 valence electrons. The van der Waals surface area contributed by atoms with Crippen LogP contribution in [0.25, 0.3) is 12.2 Å². The minimum absolute atomic E-state index is 0.502. The molecule has 3 rings (SSSR count). The highest BCUT2D eigenvalue weighted by Gasteiger charge is 2.18. The van der Waals surface area contributed by atoms with Crippen LogP contribution in [0.1, 0.15) is 62.8 Å². The Morgan fingerprint density at radius 1 is 1.07 bits per heavy atom. The van der Waals surface area contributed by atoms with E-state index in [0.29, 0.717) is 5.92 Å². The first-order chi connectivity index (χ1) is 14.5. The quantitative estimate of drug-likeness (QED) is 0.342. The molecule has 30 heavy (non-hydrogen) atoms. The fourth-order valence-corrected chi connectivity index (χ4v) is 3.23. The second kappa shape index (κ2) is 12.8. The van der Waals surface area contributed by atoms with E-state index in [-0.39, 0.29) is 0 Å². The summed E-state index contributed by atoms with van der Waals surface area (Å²) in [5, 5.41) is 0. The number of fused-ring (bicyclic) bond motifs is 1. The molecule has 2 aromatic rings. The lowest BCUT2D eigenvalue weighted by molar-refractivity contribution is 0.626. The van der Waals surface area contributed by atoms with Gasteiger partial charge in [0.2, 0.25) is 0 Å². The third kappa shape index (κ3) is 7.63. The second-order valence-corrected chi connectivity index (χ2v) is 8.30. The number of nitrogens with zero attached hydrogens (tertiary/aromatic N) is 1. The van der Waals surface area contributed by atoms with E-state index in [1.807, 2.05) is 12.4 Å². The molecule has 0 aromatic heterocycles. The molecule has 0 spiro atoms. The van der Waals surface area contributed by atoms with Gasteiger partial charge in [0.15, 0.2) is 0 Å². The van der Waals surface area contributed by atoms with Crippen molar-refractivity contribution in [1.29, 1.82) is 0 Å². The fourth-order valence-electron chi connectivity index (χ4n) is 3.23. The van der Waals surface area contributed by atoms with Crippen molar-refractivity contribution in [2.45, 2.75) is 53.9 Å². The molecule has 2 aromatic carbocycles. The van der Waals surface area contributed by atoms with Crippen molar-refractivity contribution in [3.05, 3.63) is 94.7 Å². The normalized spacial score (nSPS) is 16.1. The molecular weight excluding hydrogens is 362 g/mol. The van der Waals surface area contributed by atoms with Gasteiger partial charge in [-0.3, -0.25) is 4.99 Å². The van der Waals surface area contributed by atoms with E-state index in [2.05, 4.69) is 112 Å². The summed E-state index contributed by atoms with van der Waals surface area (Å²) in [6, 6.07) is 17.0. The van der Waals surface area contributed by atoms with Crippen LogP contribution in [0.4, 0.5) is 0 Å². The minimum Gasteiger partial charge on any atom is -0.264 e. The van der Waals surface area contributed by atoms with E-state index in [1.54, 1.807) is 0 Å². The molecular formula is C29H37N. The van der Waals surface area contributed by atoms with Crippen molar-refractivity contribution in [2.24, 2.45) is 16.8 Å². The van der Waals surface area contributed by atoms with Gasteiger partial charge in [0.05, 0.1) is 0 Å². The van der Waals surface area contributed by atoms with Gasteiger partial charge < -0.3 is 0 Å². The van der Waals surface area contributed by atoms with Crippen LogP contribution in [0.2, 0.25) is 0 Å². The van der Waals surface area contributed by atoms with Crippen LogP contribution in [0.3, 0.4) is 0 Å². The van der Waals surface area contributed by atoms with E-state index >= 15 is 0 Å². The molecule has 0 saturated carbocycles. The summed E-state index contributed by atoms with van der Waals surface area (Å²) in [6.45, 7) is 10.8. The molecule has 0 bridgehead atoms. The molecule has 0 aliphatic heterocycles. The zero-order chi connectivity index (χ0) is 21.8. The third-order valence-electron chi connectivity index (χ3n) is 5.54. The average molecular weight is 400 g/mol. The first-order valence-electron chi connectivity index (χ1n) is 11.2. The molecule has 0 amide bonds. The highest BCUT2D eigenvalue weighted by atomic mass is 14.7. The van der Waals surface area contributed by atoms with Crippen LogP contribution in [0.5, 0.6) is 0 Å². The molecule has 1 aliphatic rings. The predicted molar refractivity (Wildman–Crippen MR) is 135 cm³/mol. The maximum absolute atomic E-state index is 4.56. The van der Waals surface area contributed by atoms with Crippen molar-refractivity contribution >= 4 is 18.4 Å². The zero-order valence-electron chi connectivity index (χ0n) is 19.3.